The van der Waals surface area contributed by atoms with Crippen LogP contribution in [0.25, 0.3) is 21.4 Å². The molecule has 1 aliphatic heterocycles. The zero-order chi connectivity index (χ0) is 20.4. The molecule has 2 heterocycles. The number of nitrogens with two attached hydrogens (primary N) is 1. The number of fused-ring (bicyclic) bond motifs is 1. The van der Waals surface area contributed by atoms with Gasteiger partial charge in [-0.25, -0.2) is 4.79 Å². The molecule has 148 valence electrons. The maximum absolute atomic E-state index is 12.2. The van der Waals surface area contributed by atoms with Crippen LogP contribution in [-0.2, 0) is 14.4 Å². The maximum atomic E-state index is 12.2. The average molecular weight is 417 g/mol. The van der Waals surface area contributed by atoms with Crippen molar-refractivity contribution >= 4 is 56.2 Å². The molecule has 0 saturated heterocycles. The van der Waals surface area contributed by atoms with Crippen molar-refractivity contribution in [3.05, 3.63) is 45.7 Å². The lowest BCUT2D eigenvalue weighted by molar-refractivity contribution is -0.133. The largest absolute Gasteiger partial charge is 0.465 e. The smallest absolute Gasteiger partial charge is 0.338 e. The van der Waals surface area contributed by atoms with Crippen LogP contribution in [0.2, 0.25) is 0 Å². The number of hydrogen-bond donors (Lipinski definition) is 1. The minimum absolute atomic E-state index is 0.162. The minimum atomic E-state index is -0.352. The van der Waals surface area contributed by atoms with Crippen molar-refractivity contribution in [2.24, 2.45) is 16.8 Å². The summed E-state index contributed by atoms with van der Waals surface area (Å²) in [5.74, 6) is 6.34. The van der Waals surface area contributed by atoms with Crippen LogP contribution in [0.1, 0.15) is 38.8 Å². The highest BCUT2D eigenvalue weighted by Gasteiger charge is 2.28. The van der Waals surface area contributed by atoms with Crippen LogP contribution in [0.5, 0.6) is 0 Å². The Kier molecular flexibility index (Phi) is 6.27. The molecule has 5 nitrogen and oxygen atoms in total. The molecule has 7 heteroatoms. The van der Waals surface area contributed by atoms with Gasteiger partial charge in [0.05, 0.1) is 23.3 Å². The first-order valence-corrected chi connectivity index (χ1v) is 10.8. The molecule has 0 amide bonds. The van der Waals surface area contributed by atoms with Crippen molar-refractivity contribution in [2.45, 2.75) is 33.1 Å². The minimum Gasteiger partial charge on any atom is -0.465 e. The van der Waals surface area contributed by atoms with E-state index in [4.69, 9.17) is 20.5 Å². The number of aliphatic imine (C=N–C) groups is 1. The first-order chi connectivity index (χ1) is 13.4. The van der Waals surface area contributed by atoms with Gasteiger partial charge in [-0.1, -0.05) is 31.7 Å². The summed E-state index contributed by atoms with van der Waals surface area (Å²) in [7, 11) is 1.39. The van der Waals surface area contributed by atoms with Crippen LogP contribution in [0.3, 0.4) is 0 Å². The van der Waals surface area contributed by atoms with Crippen molar-refractivity contribution in [3.63, 3.8) is 0 Å². The second-order valence-electron chi connectivity index (χ2n) is 6.80. The molecule has 1 aromatic heterocycles. The number of ether oxygens (including phenoxy) is 1. The average Bonchev–Trinajstić information content (AvgIpc) is 3.27. The van der Waals surface area contributed by atoms with E-state index < -0.39 is 0 Å². The predicted octanol–water partition coefficient (Wildman–Crippen LogP) is 5.23. The van der Waals surface area contributed by atoms with Gasteiger partial charge in [0.25, 0.3) is 0 Å². The van der Waals surface area contributed by atoms with Gasteiger partial charge in [-0.2, -0.15) is 5.90 Å². The van der Waals surface area contributed by atoms with E-state index in [0.29, 0.717) is 17.3 Å². The van der Waals surface area contributed by atoms with Gasteiger partial charge < -0.3 is 9.57 Å². The third kappa shape index (κ3) is 3.74. The number of allylic oxidation sites excluding steroid dienone is 2. The molecular weight excluding hydrogens is 392 g/mol. The summed E-state index contributed by atoms with van der Waals surface area (Å²) in [5.41, 5.74) is 3.18. The fourth-order valence-corrected chi connectivity index (χ4v) is 5.27. The highest BCUT2D eigenvalue weighted by Crippen LogP contribution is 2.41. The molecule has 0 radical (unpaired) electrons. The Morgan fingerprint density at radius 2 is 2.11 bits per heavy atom. The second-order valence-corrected chi connectivity index (χ2v) is 8.84. The van der Waals surface area contributed by atoms with Crippen molar-refractivity contribution in [1.29, 1.82) is 0 Å². The second kappa shape index (κ2) is 8.51. The maximum Gasteiger partial charge on any atom is 0.338 e. The predicted molar refractivity (Wildman–Crippen MR) is 119 cm³/mol. The van der Waals surface area contributed by atoms with Gasteiger partial charge in [0.15, 0.2) is 5.76 Å². The standard InChI is InChI=1S/C21H24N2O3S2/c1-6-14(21(24)25-5)16-10-27-17-8-7-13(9-15(16)17)18(26-22)19-12(4)23-20(28-19)11(2)3/h6-11,20H,22H2,1-5H3. The molecule has 0 aliphatic carbocycles. The van der Waals surface area contributed by atoms with Crippen LogP contribution in [0.15, 0.2) is 39.6 Å². The molecule has 3 rings (SSSR count). The van der Waals surface area contributed by atoms with Gasteiger partial charge >= 0.3 is 5.97 Å². The monoisotopic (exact) mass is 416 g/mol. The Hall–Kier alpha value is -2.09. The van der Waals surface area contributed by atoms with Crippen LogP contribution in [0, 0.1) is 5.92 Å². The molecule has 0 spiro atoms. The molecule has 0 bridgehead atoms. The summed E-state index contributed by atoms with van der Waals surface area (Å²) in [6, 6.07) is 6.02. The summed E-state index contributed by atoms with van der Waals surface area (Å²) in [5, 5.41) is 3.10. The molecular formula is C21H24N2O3S2. The Morgan fingerprint density at radius 1 is 1.36 bits per heavy atom. The van der Waals surface area contributed by atoms with Gasteiger partial charge in [-0.05, 0) is 38.0 Å². The first kappa shape index (κ1) is 20.6. The highest BCUT2D eigenvalue weighted by molar-refractivity contribution is 8.05. The fourth-order valence-electron chi connectivity index (χ4n) is 3.11. The van der Waals surface area contributed by atoms with E-state index in [9.17, 15) is 4.79 Å². The van der Waals surface area contributed by atoms with Crippen LogP contribution in [-0.4, -0.2) is 24.2 Å². The van der Waals surface area contributed by atoms with E-state index in [1.165, 1.54) is 7.11 Å². The van der Waals surface area contributed by atoms with Gasteiger partial charge in [-0.3, -0.25) is 4.99 Å². The number of thiophene rings is 1. The number of benzene rings is 1. The van der Waals surface area contributed by atoms with E-state index >= 15 is 0 Å². The van der Waals surface area contributed by atoms with Crippen molar-refractivity contribution in [3.8, 4) is 0 Å². The number of esters is 1. The summed E-state index contributed by atoms with van der Waals surface area (Å²) in [6.45, 7) is 8.11. The summed E-state index contributed by atoms with van der Waals surface area (Å²) in [4.78, 5) is 23.2. The topological polar surface area (TPSA) is 73.9 Å². The number of carbonyl (C=O) groups excluding carboxylic acids is 1. The molecule has 28 heavy (non-hydrogen) atoms. The molecule has 0 fully saturated rings. The van der Waals surface area contributed by atoms with Gasteiger partial charge in [-0.15, -0.1) is 11.3 Å². The highest BCUT2D eigenvalue weighted by atomic mass is 32.2. The van der Waals surface area contributed by atoms with E-state index in [1.54, 1.807) is 29.2 Å². The van der Waals surface area contributed by atoms with Crippen LogP contribution >= 0.6 is 23.1 Å². The number of methoxy groups -OCH3 is 1. The lowest BCUT2D eigenvalue weighted by Crippen LogP contribution is -2.05. The van der Waals surface area contributed by atoms with Crippen LogP contribution < -0.4 is 5.90 Å². The third-order valence-corrected chi connectivity index (χ3v) is 7.17. The van der Waals surface area contributed by atoms with Crippen LogP contribution in [0.4, 0.5) is 0 Å². The number of hydrogen-bond acceptors (Lipinski definition) is 7. The molecule has 1 aliphatic rings. The molecule has 2 aromatic rings. The van der Waals surface area contributed by atoms with Gasteiger partial charge in [0, 0.05) is 26.6 Å². The molecule has 1 unspecified atom stereocenters. The molecule has 0 saturated carbocycles. The first-order valence-electron chi connectivity index (χ1n) is 9.00. The summed E-state index contributed by atoms with van der Waals surface area (Å²) < 4.78 is 6.01. The van der Waals surface area contributed by atoms with E-state index in [2.05, 4.69) is 13.8 Å². The number of nitrogens with zero attached hydrogens (tertiary/aromatic N) is 1. The number of thioether (sulfide) groups is 1. The zero-order valence-corrected chi connectivity index (χ0v) is 18.2. The normalized spacial score (nSPS) is 19.2. The third-order valence-electron chi connectivity index (χ3n) is 4.60. The van der Waals surface area contributed by atoms with E-state index in [-0.39, 0.29) is 11.3 Å². The lowest BCUT2D eigenvalue weighted by Gasteiger charge is -2.12. The Morgan fingerprint density at radius 3 is 2.68 bits per heavy atom. The van der Waals surface area contributed by atoms with E-state index in [1.807, 2.05) is 37.4 Å². The Balaban J connectivity index is 2.11. The van der Waals surface area contributed by atoms with E-state index in [0.717, 1.165) is 31.8 Å². The quantitative estimate of drug-likeness (QED) is 0.313. The zero-order valence-electron chi connectivity index (χ0n) is 16.6. The number of carbonyl (C=O) groups is 1. The van der Waals surface area contributed by atoms with Gasteiger partial charge in [0.1, 0.15) is 5.37 Å². The Labute approximate surface area is 173 Å². The summed E-state index contributed by atoms with van der Waals surface area (Å²) in [6.07, 6.45) is 1.77. The molecule has 1 aromatic carbocycles. The Bertz CT molecular complexity index is 1000. The summed E-state index contributed by atoms with van der Waals surface area (Å²) >= 11 is 3.26. The van der Waals surface area contributed by atoms with Crippen molar-refractivity contribution < 1.29 is 14.4 Å². The number of rotatable bonds is 5. The fraction of sp³-hybridized carbons (Fsp3) is 0.333. The molecule has 2 N–H and O–H groups in total. The lowest BCUT2D eigenvalue weighted by atomic mass is 10.0. The van der Waals surface area contributed by atoms with Crippen molar-refractivity contribution in [2.75, 3.05) is 7.11 Å². The van der Waals surface area contributed by atoms with Gasteiger partial charge in [0.2, 0.25) is 0 Å². The molecule has 1 atom stereocenters. The van der Waals surface area contributed by atoms with Crippen molar-refractivity contribution in [1.82, 2.24) is 0 Å². The SMILES string of the molecule is CC=C(C(=O)OC)c1csc2ccc(C(ON)=C3SC(C(C)C)N=C3C)cc12.